The first-order chi connectivity index (χ1) is 11.4. The Morgan fingerprint density at radius 3 is 1.88 bits per heavy atom. The predicted molar refractivity (Wildman–Crippen MR) is 101 cm³/mol. The summed E-state index contributed by atoms with van der Waals surface area (Å²) in [5.74, 6) is -0.0774. The fourth-order valence-electron chi connectivity index (χ4n) is 1.98. The molecule has 0 aromatic carbocycles. The summed E-state index contributed by atoms with van der Waals surface area (Å²) in [5, 5.41) is 0.847. The van der Waals surface area contributed by atoms with E-state index < -0.39 is 0 Å². The number of amides is 1. The summed E-state index contributed by atoms with van der Waals surface area (Å²) >= 11 is 0. The number of aromatic amines is 2. The standard InChI is InChI=1S/C14H20N4O2.2C2H6/c1-9(19)11-7-10-8-12(16-13(10)15-11)14(20)18(4)6-5-17(2)3;2*1-2/h7-8,15-16H,5-6H2,1-4H3;2*1-2H3. The van der Waals surface area contributed by atoms with Gasteiger partial charge >= 0.3 is 0 Å². The van der Waals surface area contributed by atoms with Crippen molar-refractivity contribution in [1.29, 1.82) is 0 Å². The zero-order chi connectivity index (χ0) is 18.9. The normalized spacial score (nSPS) is 9.88. The van der Waals surface area contributed by atoms with E-state index >= 15 is 0 Å². The van der Waals surface area contributed by atoms with Crippen molar-refractivity contribution in [2.75, 3.05) is 34.2 Å². The van der Waals surface area contributed by atoms with E-state index in [0.29, 0.717) is 23.6 Å². The lowest BCUT2D eigenvalue weighted by Crippen LogP contribution is -2.33. The quantitative estimate of drug-likeness (QED) is 0.822. The van der Waals surface area contributed by atoms with Gasteiger partial charge in [-0.05, 0) is 26.2 Å². The molecule has 0 fully saturated rings. The predicted octanol–water partition coefficient (Wildman–Crippen LogP) is 3.38. The van der Waals surface area contributed by atoms with E-state index in [1.165, 1.54) is 6.92 Å². The lowest BCUT2D eigenvalue weighted by molar-refractivity contribution is 0.0781. The number of rotatable bonds is 5. The van der Waals surface area contributed by atoms with Gasteiger partial charge in [-0.3, -0.25) is 9.59 Å². The molecule has 6 nitrogen and oxygen atoms in total. The number of fused-ring (bicyclic) bond motifs is 1. The highest BCUT2D eigenvalue weighted by Gasteiger charge is 2.16. The zero-order valence-electron chi connectivity index (χ0n) is 16.3. The Kier molecular flexibility index (Phi) is 9.73. The molecule has 0 saturated heterocycles. The van der Waals surface area contributed by atoms with Crippen LogP contribution in [0.5, 0.6) is 0 Å². The second kappa shape index (κ2) is 10.6. The first kappa shape index (κ1) is 21.9. The minimum Gasteiger partial charge on any atom is -0.339 e. The van der Waals surface area contributed by atoms with Crippen LogP contribution in [0, 0.1) is 0 Å². The molecule has 0 bridgehead atoms. The Hall–Kier alpha value is -2.08. The van der Waals surface area contributed by atoms with Gasteiger partial charge in [0.05, 0.1) is 5.69 Å². The summed E-state index contributed by atoms with van der Waals surface area (Å²) < 4.78 is 0. The Bertz CT molecular complexity index is 609. The lowest BCUT2D eigenvalue weighted by Gasteiger charge is -2.18. The number of ketones is 1. The minimum atomic E-state index is -0.0548. The third-order valence-corrected chi connectivity index (χ3v) is 3.25. The third kappa shape index (κ3) is 5.85. The number of aromatic nitrogens is 2. The second-order valence-electron chi connectivity index (χ2n) is 5.28. The molecule has 0 aliphatic carbocycles. The summed E-state index contributed by atoms with van der Waals surface area (Å²) in [6.45, 7) is 11.0. The summed E-state index contributed by atoms with van der Waals surface area (Å²) in [7, 11) is 5.72. The van der Waals surface area contributed by atoms with Crippen LogP contribution in [0.3, 0.4) is 0 Å². The van der Waals surface area contributed by atoms with Gasteiger partial charge in [-0.25, -0.2) is 0 Å². The van der Waals surface area contributed by atoms with Gasteiger partial charge < -0.3 is 19.8 Å². The molecule has 0 radical (unpaired) electrons. The Morgan fingerprint density at radius 1 is 0.917 bits per heavy atom. The summed E-state index contributed by atoms with van der Waals surface area (Å²) in [6.07, 6.45) is 0. The zero-order valence-corrected chi connectivity index (χ0v) is 16.3. The first-order valence-corrected chi connectivity index (χ1v) is 8.51. The molecule has 24 heavy (non-hydrogen) atoms. The van der Waals surface area contributed by atoms with Crippen LogP contribution in [-0.2, 0) is 0 Å². The largest absolute Gasteiger partial charge is 0.339 e. The molecule has 2 aromatic rings. The summed E-state index contributed by atoms with van der Waals surface area (Å²) in [6, 6.07) is 3.53. The van der Waals surface area contributed by atoms with Crippen LogP contribution in [0.25, 0.3) is 11.0 Å². The van der Waals surface area contributed by atoms with Gasteiger partial charge in [0.1, 0.15) is 11.3 Å². The third-order valence-electron chi connectivity index (χ3n) is 3.25. The van der Waals surface area contributed by atoms with E-state index in [4.69, 9.17) is 0 Å². The molecule has 0 aliphatic rings. The van der Waals surface area contributed by atoms with Crippen molar-refractivity contribution in [1.82, 2.24) is 19.8 Å². The number of nitrogens with one attached hydrogen (secondary N) is 2. The summed E-state index contributed by atoms with van der Waals surface area (Å²) in [4.78, 5) is 33.2. The van der Waals surface area contributed by atoms with Crippen molar-refractivity contribution in [2.24, 2.45) is 0 Å². The smallest absolute Gasteiger partial charge is 0.270 e. The van der Waals surface area contributed by atoms with Crippen LogP contribution < -0.4 is 0 Å². The highest BCUT2D eigenvalue weighted by molar-refractivity contribution is 6.01. The van der Waals surface area contributed by atoms with Crippen LogP contribution in [-0.4, -0.2) is 65.7 Å². The number of carbonyl (C=O) groups is 2. The van der Waals surface area contributed by atoms with E-state index in [1.54, 1.807) is 24.1 Å². The maximum Gasteiger partial charge on any atom is 0.270 e. The van der Waals surface area contributed by atoms with Crippen molar-refractivity contribution in [3.63, 3.8) is 0 Å². The monoisotopic (exact) mass is 336 g/mol. The van der Waals surface area contributed by atoms with Gasteiger partial charge in [0.25, 0.3) is 5.91 Å². The van der Waals surface area contributed by atoms with Crippen molar-refractivity contribution < 1.29 is 9.59 Å². The van der Waals surface area contributed by atoms with E-state index in [9.17, 15) is 9.59 Å². The van der Waals surface area contributed by atoms with Gasteiger partial charge in [0, 0.05) is 32.4 Å². The highest BCUT2D eigenvalue weighted by Crippen LogP contribution is 2.17. The fraction of sp³-hybridized carbons (Fsp3) is 0.556. The first-order valence-electron chi connectivity index (χ1n) is 8.51. The average Bonchev–Trinajstić information content (AvgIpc) is 3.14. The minimum absolute atomic E-state index is 0.0226. The Morgan fingerprint density at radius 2 is 1.42 bits per heavy atom. The Balaban J connectivity index is 0.00000123. The van der Waals surface area contributed by atoms with Gasteiger partial charge in [-0.15, -0.1) is 0 Å². The molecule has 0 unspecified atom stereocenters. The van der Waals surface area contributed by atoms with Crippen LogP contribution in [0.1, 0.15) is 55.6 Å². The van der Waals surface area contributed by atoms with E-state index in [-0.39, 0.29) is 11.7 Å². The molecule has 2 aromatic heterocycles. The molecule has 0 spiro atoms. The van der Waals surface area contributed by atoms with Crippen molar-refractivity contribution in [3.8, 4) is 0 Å². The Labute approximate surface area is 145 Å². The van der Waals surface area contributed by atoms with Gasteiger partial charge in [0.2, 0.25) is 0 Å². The molecular formula is C18H32N4O2. The molecular weight excluding hydrogens is 304 g/mol. The highest BCUT2D eigenvalue weighted by atomic mass is 16.2. The number of H-pyrrole nitrogens is 2. The maximum absolute atomic E-state index is 12.2. The number of nitrogens with zero attached hydrogens (tertiary/aromatic N) is 2. The summed E-state index contributed by atoms with van der Waals surface area (Å²) in [5.41, 5.74) is 1.79. The molecule has 6 heteroatoms. The number of hydrogen-bond acceptors (Lipinski definition) is 3. The number of likely N-dealkylation sites (N-methyl/N-ethyl adjacent to an activating group) is 2. The number of Topliss-reactive ketones (excluding diaryl/α,β-unsaturated/α-hetero) is 1. The van der Waals surface area contributed by atoms with Crippen LogP contribution in [0.4, 0.5) is 0 Å². The number of hydrogen-bond donors (Lipinski definition) is 2. The second-order valence-corrected chi connectivity index (χ2v) is 5.28. The molecule has 0 atom stereocenters. The molecule has 2 heterocycles. The molecule has 136 valence electrons. The van der Waals surface area contributed by atoms with Crippen LogP contribution >= 0.6 is 0 Å². The van der Waals surface area contributed by atoms with E-state index in [1.807, 2.05) is 46.7 Å². The van der Waals surface area contributed by atoms with Crippen LogP contribution in [0.15, 0.2) is 12.1 Å². The molecule has 2 N–H and O–H groups in total. The van der Waals surface area contributed by atoms with Crippen LogP contribution in [0.2, 0.25) is 0 Å². The van der Waals surface area contributed by atoms with Crippen molar-refractivity contribution in [3.05, 3.63) is 23.5 Å². The molecule has 0 aliphatic heterocycles. The van der Waals surface area contributed by atoms with Crippen molar-refractivity contribution >= 4 is 22.7 Å². The molecule has 0 saturated carbocycles. The number of carbonyl (C=O) groups excluding carboxylic acids is 2. The van der Waals surface area contributed by atoms with Crippen molar-refractivity contribution in [2.45, 2.75) is 34.6 Å². The van der Waals surface area contributed by atoms with Gasteiger partial charge in [-0.1, -0.05) is 27.7 Å². The fourth-order valence-corrected chi connectivity index (χ4v) is 1.98. The van der Waals surface area contributed by atoms with E-state index in [2.05, 4.69) is 9.97 Å². The van der Waals surface area contributed by atoms with Gasteiger partial charge in [0.15, 0.2) is 5.78 Å². The van der Waals surface area contributed by atoms with E-state index in [0.717, 1.165) is 11.9 Å². The lowest BCUT2D eigenvalue weighted by atomic mass is 10.3. The molecule has 2 rings (SSSR count). The SMILES string of the molecule is CC.CC.CC(=O)c1cc2cc(C(=O)N(C)CCN(C)C)[nH]c2[nH]1. The average molecular weight is 336 g/mol. The van der Waals surface area contributed by atoms with Gasteiger partial charge in [-0.2, -0.15) is 0 Å². The molecule has 1 amide bonds. The topological polar surface area (TPSA) is 72.2 Å². The maximum atomic E-state index is 12.2.